The van der Waals surface area contributed by atoms with Gasteiger partial charge in [-0.3, -0.25) is 4.98 Å². The Morgan fingerprint density at radius 2 is 1.74 bits per heavy atom. The number of halogens is 1. The van der Waals surface area contributed by atoms with Crippen molar-refractivity contribution < 1.29 is 4.39 Å². The molecule has 0 aliphatic heterocycles. The monoisotopic (exact) mass is 248 g/mol. The highest BCUT2D eigenvalue weighted by Crippen LogP contribution is 2.30. The fraction of sp³-hybridized carbons (Fsp3) is 0. The van der Waals surface area contributed by atoms with Crippen molar-refractivity contribution in [3.05, 3.63) is 66.1 Å². The second kappa shape index (κ2) is 4.51. The van der Waals surface area contributed by atoms with Crippen LogP contribution >= 0.6 is 0 Å². The lowest BCUT2D eigenvalue weighted by Gasteiger charge is -2.08. The van der Waals surface area contributed by atoms with E-state index in [0.29, 0.717) is 5.56 Å². The Hall–Kier alpha value is -2.73. The molecule has 0 fully saturated rings. The van der Waals surface area contributed by atoms with Gasteiger partial charge in [0.05, 0.1) is 11.1 Å². The van der Waals surface area contributed by atoms with Gasteiger partial charge >= 0.3 is 0 Å². The van der Waals surface area contributed by atoms with Gasteiger partial charge in [-0.15, -0.1) is 0 Å². The lowest BCUT2D eigenvalue weighted by atomic mass is 9.97. The minimum absolute atomic E-state index is 0.291. The van der Waals surface area contributed by atoms with Gasteiger partial charge < -0.3 is 0 Å². The van der Waals surface area contributed by atoms with Crippen LogP contribution in [0.5, 0.6) is 0 Å². The Kier molecular flexibility index (Phi) is 2.70. The third kappa shape index (κ3) is 1.94. The van der Waals surface area contributed by atoms with Crippen LogP contribution in [0.25, 0.3) is 22.0 Å². The number of benzene rings is 2. The van der Waals surface area contributed by atoms with Crippen molar-refractivity contribution in [2.24, 2.45) is 0 Å². The van der Waals surface area contributed by atoms with Crippen molar-refractivity contribution in [3.8, 4) is 17.2 Å². The van der Waals surface area contributed by atoms with E-state index in [-0.39, 0.29) is 5.82 Å². The smallest absolute Gasteiger partial charge is 0.123 e. The molecule has 2 aromatic carbocycles. The third-order valence-electron chi connectivity index (χ3n) is 3.03. The predicted molar refractivity (Wildman–Crippen MR) is 71.9 cm³/mol. The number of hydrogen-bond donors (Lipinski definition) is 0. The number of aromatic nitrogens is 1. The summed E-state index contributed by atoms with van der Waals surface area (Å²) in [6.07, 6.45) is 1.56. The van der Waals surface area contributed by atoms with Crippen LogP contribution in [-0.2, 0) is 0 Å². The highest BCUT2D eigenvalue weighted by atomic mass is 19.1. The summed E-state index contributed by atoms with van der Waals surface area (Å²) in [5.74, 6) is -0.291. The molecule has 0 spiro atoms. The normalized spacial score (nSPS) is 10.3. The molecule has 0 atom stereocenters. The van der Waals surface area contributed by atoms with Crippen molar-refractivity contribution in [2.45, 2.75) is 0 Å². The predicted octanol–water partition coefficient (Wildman–Crippen LogP) is 3.91. The lowest BCUT2D eigenvalue weighted by molar-refractivity contribution is 0.628. The first-order valence-electron chi connectivity index (χ1n) is 5.83. The Morgan fingerprint density at radius 3 is 2.47 bits per heavy atom. The van der Waals surface area contributed by atoms with Gasteiger partial charge in [-0.1, -0.05) is 30.3 Å². The van der Waals surface area contributed by atoms with E-state index < -0.39 is 0 Å². The molecule has 90 valence electrons. The molecule has 0 radical (unpaired) electrons. The molecule has 3 aromatic rings. The zero-order valence-corrected chi connectivity index (χ0v) is 9.97. The zero-order chi connectivity index (χ0) is 13.2. The van der Waals surface area contributed by atoms with Crippen molar-refractivity contribution in [1.29, 1.82) is 5.26 Å². The van der Waals surface area contributed by atoms with Crippen LogP contribution < -0.4 is 0 Å². The van der Waals surface area contributed by atoms with Crippen LogP contribution in [0.1, 0.15) is 5.56 Å². The average molecular weight is 248 g/mol. The minimum atomic E-state index is -0.291. The quantitative estimate of drug-likeness (QED) is 0.654. The van der Waals surface area contributed by atoms with E-state index in [9.17, 15) is 9.65 Å². The number of nitriles is 1. The number of nitrogens with zero attached hydrogens (tertiary/aromatic N) is 2. The summed E-state index contributed by atoms with van der Waals surface area (Å²) in [6.45, 7) is 0. The van der Waals surface area contributed by atoms with Crippen LogP contribution in [0.3, 0.4) is 0 Å². The molecule has 0 aliphatic rings. The van der Waals surface area contributed by atoms with Gasteiger partial charge in [-0.2, -0.15) is 5.26 Å². The highest BCUT2D eigenvalue weighted by molar-refractivity contribution is 5.97. The molecule has 0 bridgehead atoms. The molecular formula is C16H9FN2. The van der Waals surface area contributed by atoms with Crippen LogP contribution in [0, 0.1) is 17.1 Å². The maximum absolute atomic E-state index is 13.0. The summed E-state index contributed by atoms with van der Waals surface area (Å²) in [6, 6.07) is 15.9. The van der Waals surface area contributed by atoms with E-state index >= 15 is 0 Å². The fourth-order valence-corrected chi connectivity index (χ4v) is 2.15. The number of rotatable bonds is 1. The van der Waals surface area contributed by atoms with Gasteiger partial charge in [-0.25, -0.2) is 4.39 Å². The zero-order valence-electron chi connectivity index (χ0n) is 9.97. The van der Waals surface area contributed by atoms with E-state index in [4.69, 9.17) is 0 Å². The molecule has 0 saturated heterocycles. The van der Waals surface area contributed by atoms with Gasteiger partial charge in [0.15, 0.2) is 0 Å². The summed E-state index contributed by atoms with van der Waals surface area (Å²) in [5, 5.41) is 10.1. The van der Waals surface area contributed by atoms with Crippen LogP contribution in [-0.4, -0.2) is 4.98 Å². The van der Waals surface area contributed by atoms with Crippen molar-refractivity contribution >= 4 is 10.9 Å². The highest BCUT2D eigenvalue weighted by Gasteiger charge is 2.10. The second-order valence-electron chi connectivity index (χ2n) is 4.18. The first kappa shape index (κ1) is 11.4. The molecule has 0 amide bonds. The van der Waals surface area contributed by atoms with Crippen LogP contribution in [0.4, 0.5) is 4.39 Å². The second-order valence-corrected chi connectivity index (χ2v) is 4.18. The Balaban J connectivity index is 2.37. The molecule has 3 heteroatoms. The van der Waals surface area contributed by atoms with Crippen molar-refractivity contribution in [1.82, 2.24) is 4.98 Å². The van der Waals surface area contributed by atoms with E-state index in [1.807, 2.05) is 24.3 Å². The lowest BCUT2D eigenvalue weighted by Crippen LogP contribution is -1.90. The molecule has 19 heavy (non-hydrogen) atoms. The van der Waals surface area contributed by atoms with Crippen LogP contribution in [0.15, 0.2) is 54.7 Å². The molecule has 3 rings (SSSR count). The fourth-order valence-electron chi connectivity index (χ4n) is 2.15. The topological polar surface area (TPSA) is 36.7 Å². The SMILES string of the molecule is N#Cc1cnc2ccccc2c1-c1ccc(F)cc1. The average Bonchev–Trinajstić information content (AvgIpc) is 2.47. The standard InChI is InChI=1S/C16H9FN2/c17-13-7-5-11(6-8-13)16-12(9-18)10-19-15-4-2-1-3-14(15)16/h1-8,10H. The molecule has 0 unspecified atom stereocenters. The molecule has 0 aliphatic carbocycles. The summed E-state index contributed by atoms with van der Waals surface area (Å²) < 4.78 is 13.0. The number of pyridine rings is 1. The molecule has 1 heterocycles. The Labute approximate surface area is 109 Å². The molecule has 0 N–H and O–H groups in total. The maximum Gasteiger partial charge on any atom is 0.123 e. The van der Waals surface area contributed by atoms with Gasteiger partial charge in [0.25, 0.3) is 0 Å². The maximum atomic E-state index is 13.0. The molecule has 2 nitrogen and oxygen atoms in total. The minimum Gasteiger partial charge on any atom is -0.255 e. The number of para-hydroxylation sites is 1. The summed E-state index contributed by atoms with van der Waals surface area (Å²) >= 11 is 0. The van der Waals surface area contributed by atoms with Gasteiger partial charge in [-0.05, 0) is 23.8 Å². The summed E-state index contributed by atoms with van der Waals surface area (Å²) in [4.78, 5) is 4.26. The largest absolute Gasteiger partial charge is 0.255 e. The van der Waals surface area contributed by atoms with Gasteiger partial charge in [0.2, 0.25) is 0 Å². The van der Waals surface area contributed by atoms with Crippen molar-refractivity contribution in [2.75, 3.05) is 0 Å². The van der Waals surface area contributed by atoms with E-state index in [0.717, 1.165) is 22.0 Å². The van der Waals surface area contributed by atoms with E-state index in [1.165, 1.54) is 12.1 Å². The van der Waals surface area contributed by atoms with Gasteiger partial charge in [0, 0.05) is 17.1 Å². The molecular weight excluding hydrogens is 239 g/mol. The number of fused-ring (bicyclic) bond motifs is 1. The van der Waals surface area contributed by atoms with E-state index in [2.05, 4.69) is 11.1 Å². The first-order chi connectivity index (χ1) is 9.29. The molecule has 1 aromatic heterocycles. The van der Waals surface area contributed by atoms with Gasteiger partial charge in [0.1, 0.15) is 11.9 Å². The van der Waals surface area contributed by atoms with Crippen molar-refractivity contribution in [3.63, 3.8) is 0 Å². The Bertz CT molecular complexity index is 786. The summed E-state index contributed by atoms with van der Waals surface area (Å²) in [7, 11) is 0. The third-order valence-corrected chi connectivity index (χ3v) is 3.03. The first-order valence-corrected chi connectivity index (χ1v) is 5.83. The van der Waals surface area contributed by atoms with Crippen LogP contribution in [0.2, 0.25) is 0 Å². The van der Waals surface area contributed by atoms with E-state index in [1.54, 1.807) is 18.3 Å². The Morgan fingerprint density at radius 1 is 1.00 bits per heavy atom. The number of hydrogen-bond acceptors (Lipinski definition) is 2. The summed E-state index contributed by atoms with van der Waals surface area (Å²) in [5.41, 5.74) is 2.93. The molecule has 0 saturated carbocycles.